The molecule has 1 N–H and O–H groups in total. The summed E-state index contributed by atoms with van der Waals surface area (Å²) in [4.78, 5) is 5.32. The van der Waals surface area contributed by atoms with Gasteiger partial charge in [0.15, 0.2) is 9.84 Å². The number of nitrogens with zero attached hydrogens (tertiary/aromatic N) is 1. The second-order valence-corrected chi connectivity index (χ2v) is 6.66. The average molecular weight is 282 g/mol. The number of nitriles is 1. The normalized spacial score (nSPS) is 11.5. The number of hydroxylamine groups is 1. The van der Waals surface area contributed by atoms with Crippen LogP contribution in [0.1, 0.15) is 19.4 Å². The highest BCUT2D eigenvalue weighted by molar-refractivity contribution is 7.91. The molecule has 0 amide bonds. The van der Waals surface area contributed by atoms with E-state index in [2.05, 4.69) is 5.48 Å². The smallest absolute Gasteiger partial charge is 0.179 e. The van der Waals surface area contributed by atoms with Crippen LogP contribution in [0.3, 0.4) is 0 Å². The van der Waals surface area contributed by atoms with Gasteiger partial charge in [-0.15, -0.1) is 0 Å². The summed E-state index contributed by atoms with van der Waals surface area (Å²) in [5, 5.41) is 8.65. The summed E-state index contributed by atoms with van der Waals surface area (Å²) in [5.74, 6) is 0.347. The van der Waals surface area contributed by atoms with E-state index in [1.807, 2.05) is 19.9 Å². The SMILES string of the molecule is CC(C)CONCCS(=O)(=O)c1ccc(C#N)cc1. The molecule has 0 fully saturated rings. The lowest BCUT2D eigenvalue weighted by Crippen LogP contribution is -2.25. The van der Waals surface area contributed by atoms with Gasteiger partial charge in [0, 0.05) is 6.54 Å². The van der Waals surface area contributed by atoms with Gasteiger partial charge in [0.05, 0.1) is 28.9 Å². The molecule has 1 aromatic carbocycles. The predicted octanol–water partition coefficient (Wildman–Crippen LogP) is 1.51. The molecule has 19 heavy (non-hydrogen) atoms. The Hall–Kier alpha value is -1.42. The van der Waals surface area contributed by atoms with Crippen LogP contribution in [-0.2, 0) is 14.7 Å². The van der Waals surface area contributed by atoms with Crippen molar-refractivity contribution in [2.75, 3.05) is 18.9 Å². The first-order valence-electron chi connectivity index (χ1n) is 6.03. The van der Waals surface area contributed by atoms with Gasteiger partial charge in [-0.25, -0.2) is 13.9 Å². The second kappa shape index (κ2) is 7.24. The molecule has 0 heterocycles. The molecule has 5 nitrogen and oxygen atoms in total. The fourth-order valence-electron chi connectivity index (χ4n) is 1.33. The zero-order chi connectivity index (χ0) is 14.3. The average Bonchev–Trinajstić information content (AvgIpc) is 2.38. The van der Waals surface area contributed by atoms with E-state index in [0.717, 1.165) is 0 Å². The highest BCUT2D eigenvalue weighted by atomic mass is 32.2. The lowest BCUT2D eigenvalue weighted by Gasteiger charge is -2.08. The Balaban J connectivity index is 2.49. The molecule has 1 rings (SSSR count). The zero-order valence-electron chi connectivity index (χ0n) is 11.1. The maximum absolute atomic E-state index is 12.0. The standard InChI is InChI=1S/C13H18N2O3S/c1-11(2)10-18-15-7-8-19(16,17)13-5-3-12(9-14)4-6-13/h3-6,11,15H,7-8,10H2,1-2H3. The molecule has 1 aromatic rings. The fraction of sp³-hybridized carbons (Fsp3) is 0.462. The predicted molar refractivity (Wildman–Crippen MR) is 72.0 cm³/mol. The van der Waals surface area contributed by atoms with Crippen molar-refractivity contribution in [3.63, 3.8) is 0 Å². The molecule has 0 aliphatic carbocycles. The Morgan fingerprint density at radius 3 is 2.47 bits per heavy atom. The summed E-state index contributed by atoms with van der Waals surface area (Å²) in [6.45, 7) is 4.79. The van der Waals surface area contributed by atoms with Crippen molar-refractivity contribution in [2.45, 2.75) is 18.7 Å². The van der Waals surface area contributed by atoms with Crippen LogP contribution in [0.15, 0.2) is 29.2 Å². The Morgan fingerprint density at radius 1 is 1.32 bits per heavy atom. The minimum Gasteiger partial charge on any atom is -0.302 e. The van der Waals surface area contributed by atoms with Crippen LogP contribution in [0.4, 0.5) is 0 Å². The first-order valence-corrected chi connectivity index (χ1v) is 7.68. The van der Waals surface area contributed by atoms with Crippen LogP contribution >= 0.6 is 0 Å². The number of hydrogen-bond donors (Lipinski definition) is 1. The molecule has 6 heteroatoms. The van der Waals surface area contributed by atoms with Crippen LogP contribution in [-0.4, -0.2) is 27.3 Å². The minimum atomic E-state index is -3.34. The Labute approximate surface area is 114 Å². The largest absolute Gasteiger partial charge is 0.302 e. The molecule has 0 spiro atoms. The quantitative estimate of drug-likeness (QED) is 0.605. The zero-order valence-corrected chi connectivity index (χ0v) is 11.9. The van der Waals surface area contributed by atoms with E-state index in [1.54, 1.807) is 0 Å². The molecular formula is C13H18N2O3S. The van der Waals surface area contributed by atoms with Gasteiger partial charge in [0.1, 0.15) is 0 Å². The van der Waals surface area contributed by atoms with Gasteiger partial charge >= 0.3 is 0 Å². The lowest BCUT2D eigenvalue weighted by molar-refractivity contribution is 0.0274. The minimum absolute atomic E-state index is 0.0446. The third kappa shape index (κ3) is 5.39. The van der Waals surface area contributed by atoms with E-state index in [9.17, 15) is 8.42 Å². The van der Waals surface area contributed by atoms with E-state index in [4.69, 9.17) is 10.1 Å². The van der Waals surface area contributed by atoms with Crippen molar-refractivity contribution in [1.82, 2.24) is 5.48 Å². The molecular weight excluding hydrogens is 264 g/mol. The van der Waals surface area contributed by atoms with Crippen molar-refractivity contribution >= 4 is 9.84 Å². The maximum atomic E-state index is 12.0. The summed E-state index contributed by atoms with van der Waals surface area (Å²) in [6, 6.07) is 7.83. The Bertz CT molecular complexity index is 530. The molecule has 0 saturated heterocycles. The third-order valence-electron chi connectivity index (χ3n) is 2.33. The molecule has 0 atom stereocenters. The molecule has 0 saturated carbocycles. The van der Waals surface area contributed by atoms with E-state index in [1.165, 1.54) is 24.3 Å². The van der Waals surface area contributed by atoms with Gasteiger partial charge in [-0.05, 0) is 30.2 Å². The first-order chi connectivity index (χ1) is 8.95. The van der Waals surface area contributed by atoms with Crippen LogP contribution in [0.2, 0.25) is 0 Å². The number of benzene rings is 1. The van der Waals surface area contributed by atoms with Gasteiger partial charge in [-0.2, -0.15) is 5.26 Å². The maximum Gasteiger partial charge on any atom is 0.179 e. The second-order valence-electron chi connectivity index (χ2n) is 4.55. The highest BCUT2D eigenvalue weighted by Gasteiger charge is 2.13. The summed E-state index contributed by atoms with van der Waals surface area (Å²) in [7, 11) is -3.34. The molecule has 104 valence electrons. The van der Waals surface area contributed by atoms with Crippen LogP contribution < -0.4 is 5.48 Å². The Kier molecular flexibility index (Phi) is 5.96. The van der Waals surface area contributed by atoms with Crippen molar-refractivity contribution in [1.29, 1.82) is 5.26 Å². The van der Waals surface area contributed by atoms with Gasteiger partial charge in [0.2, 0.25) is 0 Å². The summed E-state index contributed by atoms with van der Waals surface area (Å²) < 4.78 is 23.9. The van der Waals surface area contributed by atoms with Crippen LogP contribution in [0.5, 0.6) is 0 Å². The van der Waals surface area contributed by atoms with E-state index < -0.39 is 9.84 Å². The van der Waals surface area contributed by atoms with Gasteiger partial charge < -0.3 is 4.84 Å². The molecule has 0 bridgehead atoms. The van der Waals surface area contributed by atoms with Crippen molar-refractivity contribution in [3.8, 4) is 6.07 Å². The van der Waals surface area contributed by atoms with Gasteiger partial charge in [0.25, 0.3) is 0 Å². The van der Waals surface area contributed by atoms with Crippen molar-refractivity contribution in [3.05, 3.63) is 29.8 Å². The molecule has 0 radical (unpaired) electrons. The molecule has 0 aromatic heterocycles. The number of hydrogen-bond acceptors (Lipinski definition) is 5. The fourth-order valence-corrected chi connectivity index (χ4v) is 2.47. The van der Waals surface area contributed by atoms with Crippen LogP contribution in [0, 0.1) is 17.2 Å². The summed E-state index contributed by atoms with van der Waals surface area (Å²) in [5.41, 5.74) is 3.08. The number of nitrogens with one attached hydrogen (secondary N) is 1. The Morgan fingerprint density at radius 2 is 1.95 bits per heavy atom. The summed E-state index contributed by atoms with van der Waals surface area (Å²) >= 11 is 0. The van der Waals surface area contributed by atoms with Crippen molar-refractivity contribution in [2.24, 2.45) is 5.92 Å². The highest BCUT2D eigenvalue weighted by Crippen LogP contribution is 2.11. The molecule has 0 aliphatic rings. The van der Waals surface area contributed by atoms with Crippen LogP contribution in [0.25, 0.3) is 0 Å². The van der Waals surface area contributed by atoms with E-state index >= 15 is 0 Å². The monoisotopic (exact) mass is 282 g/mol. The lowest BCUT2D eigenvalue weighted by atomic mass is 10.2. The summed E-state index contributed by atoms with van der Waals surface area (Å²) in [6.07, 6.45) is 0. The third-order valence-corrected chi connectivity index (χ3v) is 4.07. The van der Waals surface area contributed by atoms with Gasteiger partial charge in [-0.3, -0.25) is 0 Å². The number of sulfone groups is 1. The first kappa shape index (κ1) is 15.6. The van der Waals surface area contributed by atoms with Gasteiger partial charge in [-0.1, -0.05) is 13.8 Å². The molecule has 0 unspecified atom stereocenters. The topological polar surface area (TPSA) is 79.2 Å². The van der Waals surface area contributed by atoms with Crippen molar-refractivity contribution < 1.29 is 13.3 Å². The van der Waals surface area contributed by atoms with E-state index in [0.29, 0.717) is 18.1 Å². The molecule has 0 aliphatic heterocycles. The number of rotatable bonds is 7. The van der Waals surface area contributed by atoms with E-state index in [-0.39, 0.29) is 17.2 Å².